The van der Waals surface area contributed by atoms with E-state index in [1.807, 2.05) is 127 Å². The van der Waals surface area contributed by atoms with Crippen molar-refractivity contribution >= 4 is 56.8 Å². The highest BCUT2D eigenvalue weighted by Gasteiger charge is 2.34. The Morgan fingerprint density at radius 3 is 1.97 bits per heavy atom. The van der Waals surface area contributed by atoms with E-state index < -0.39 is 0 Å². The number of aromatic hydroxyl groups is 1. The number of aliphatic imine (C=N–C) groups is 2. The van der Waals surface area contributed by atoms with Gasteiger partial charge in [0.05, 0.1) is 17.6 Å². The van der Waals surface area contributed by atoms with E-state index in [9.17, 15) is 5.11 Å². The number of thioether (sulfide) groups is 1. The Hall–Kier alpha value is -4.69. The van der Waals surface area contributed by atoms with E-state index in [2.05, 4.69) is 10.2 Å². The third-order valence-electron chi connectivity index (χ3n) is 5.65. The molecule has 0 amide bonds. The first-order valence-electron chi connectivity index (χ1n) is 12.0. The van der Waals surface area contributed by atoms with E-state index in [4.69, 9.17) is 9.98 Å². The van der Waals surface area contributed by atoms with E-state index in [0.29, 0.717) is 21.6 Å². The van der Waals surface area contributed by atoms with Crippen LogP contribution in [0.15, 0.2) is 129 Å². The van der Waals surface area contributed by atoms with E-state index >= 15 is 0 Å². The molecule has 188 valence electrons. The maximum Gasteiger partial charge on any atom is 0.202 e. The highest BCUT2D eigenvalue weighted by molar-refractivity contribution is 8.29. The molecule has 0 aliphatic carbocycles. The van der Waals surface area contributed by atoms with Crippen LogP contribution in [0.3, 0.4) is 0 Å². The Labute approximate surface area is 226 Å². The van der Waals surface area contributed by atoms with Gasteiger partial charge in [-0.2, -0.15) is 5.10 Å². The molecule has 0 saturated carbocycles. The van der Waals surface area contributed by atoms with Crippen molar-refractivity contribution in [3.8, 4) is 5.75 Å². The van der Waals surface area contributed by atoms with Crippen LogP contribution in [0.4, 0.5) is 22.7 Å². The molecule has 0 bridgehead atoms. The van der Waals surface area contributed by atoms with E-state index in [1.54, 1.807) is 12.3 Å². The highest BCUT2D eigenvalue weighted by atomic mass is 32.2. The molecule has 4 aromatic carbocycles. The van der Waals surface area contributed by atoms with Gasteiger partial charge in [-0.1, -0.05) is 54.6 Å². The lowest BCUT2D eigenvalue weighted by molar-refractivity contribution is 0.474. The fraction of sp³-hybridized carbons (Fsp3) is 0.0667. The molecule has 1 fully saturated rings. The van der Waals surface area contributed by atoms with E-state index in [1.165, 1.54) is 11.8 Å². The number of rotatable bonds is 6. The third-order valence-corrected chi connectivity index (χ3v) is 6.56. The number of phenols is 1. The molecule has 1 aliphatic rings. The number of nitrogens with zero attached hydrogens (tertiary/aromatic N) is 6. The Morgan fingerprint density at radius 2 is 1.37 bits per heavy atom. The van der Waals surface area contributed by atoms with Gasteiger partial charge < -0.3 is 10.0 Å². The van der Waals surface area contributed by atoms with Gasteiger partial charge in [-0.25, -0.2) is 9.98 Å². The maximum atomic E-state index is 10.5. The Morgan fingerprint density at radius 1 is 0.763 bits per heavy atom. The summed E-state index contributed by atoms with van der Waals surface area (Å²) < 4.78 is 0. The summed E-state index contributed by atoms with van der Waals surface area (Å²) in [6.07, 6.45) is 1.55. The SMILES string of the molecule is CN(C)c1ccc(/C=N/N=C2SC(=Nc3ccccc3)C(=Nc3ccccc3)N2c2ccccc2)c(O)c1. The molecule has 0 unspecified atom stereocenters. The molecule has 7 nitrogen and oxygen atoms in total. The number of phenolic OH excluding ortho intramolecular Hbond substituents is 1. The van der Waals surface area contributed by atoms with Crippen molar-refractivity contribution in [2.45, 2.75) is 0 Å². The summed E-state index contributed by atoms with van der Waals surface area (Å²) in [7, 11) is 3.85. The molecular weight excluding hydrogens is 492 g/mol. The van der Waals surface area contributed by atoms with Crippen molar-refractivity contribution < 1.29 is 5.11 Å². The normalized spacial score (nSPS) is 16.7. The lowest BCUT2D eigenvalue weighted by Gasteiger charge is -2.17. The van der Waals surface area contributed by atoms with Crippen molar-refractivity contribution in [1.82, 2.24) is 0 Å². The summed E-state index contributed by atoms with van der Waals surface area (Å²) in [4.78, 5) is 13.7. The summed E-state index contributed by atoms with van der Waals surface area (Å²) in [5.41, 5.74) is 3.99. The third kappa shape index (κ3) is 5.82. The van der Waals surface area contributed by atoms with Crippen LogP contribution in [-0.2, 0) is 0 Å². The molecular formula is C30H26N6OS. The lowest BCUT2D eigenvalue weighted by atomic mass is 10.2. The van der Waals surface area contributed by atoms with E-state index in [-0.39, 0.29) is 5.75 Å². The second-order valence-electron chi connectivity index (χ2n) is 8.56. The van der Waals surface area contributed by atoms with Crippen molar-refractivity contribution in [3.63, 3.8) is 0 Å². The smallest absolute Gasteiger partial charge is 0.202 e. The average molecular weight is 519 g/mol. The van der Waals surface area contributed by atoms with Gasteiger partial charge in [0.25, 0.3) is 0 Å². The van der Waals surface area contributed by atoms with Gasteiger partial charge in [0.15, 0.2) is 5.84 Å². The molecule has 0 aromatic heterocycles. The number of benzene rings is 4. The van der Waals surface area contributed by atoms with Crippen molar-refractivity contribution in [1.29, 1.82) is 0 Å². The summed E-state index contributed by atoms with van der Waals surface area (Å²) >= 11 is 1.39. The summed E-state index contributed by atoms with van der Waals surface area (Å²) in [5, 5.41) is 20.6. The Kier molecular flexibility index (Phi) is 7.61. The van der Waals surface area contributed by atoms with Crippen LogP contribution in [0, 0.1) is 0 Å². The Bertz CT molecular complexity index is 1520. The van der Waals surface area contributed by atoms with Crippen LogP contribution in [0.1, 0.15) is 5.56 Å². The molecule has 4 aromatic rings. The van der Waals surface area contributed by atoms with Crippen LogP contribution < -0.4 is 9.80 Å². The van der Waals surface area contributed by atoms with Gasteiger partial charge in [0.1, 0.15) is 10.8 Å². The predicted molar refractivity (Wildman–Crippen MR) is 161 cm³/mol. The standard InChI is InChI=1S/C30H26N6OS/c1-35(2)26-19-18-22(27(37)20-26)21-31-34-30-36(25-16-10-5-11-17-25)28(32-23-12-6-3-7-13-23)29(38-30)33-24-14-8-4-9-15-24/h3-21,37H,1-2H3/b31-21+,32-28?,33-29?,34-30?. The number of hydrogen-bond donors (Lipinski definition) is 1. The fourth-order valence-corrected chi connectivity index (χ4v) is 4.64. The van der Waals surface area contributed by atoms with Crippen molar-refractivity contribution in [3.05, 3.63) is 115 Å². The molecule has 38 heavy (non-hydrogen) atoms. The van der Waals surface area contributed by atoms with Crippen LogP contribution in [-0.4, -0.2) is 41.5 Å². The molecule has 5 rings (SSSR count). The molecule has 1 N–H and O–H groups in total. The second kappa shape index (κ2) is 11.6. The quantitative estimate of drug-likeness (QED) is 0.223. The van der Waals surface area contributed by atoms with Gasteiger partial charge in [0, 0.05) is 37.1 Å². The largest absolute Gasteiger partial charge is 0.507 e. The first-order valence-corrected chi connectivity index (χ1v) is 12.8. The lowest BCUT2D eigenvalue weighted by Crippen LogP contribution is -2.30. The molecule has 1 heterocycles. The van der Waals surface area contributed by atoms with Crippen LogP contribution in [0.2, 0.25) is 0 Å². The van der Waals surface area contributed by atoms with Crippen molar-refractivity contribution in [2.24, 2.45) is 20.2 Å². The number of para-hydroxylation sites is 3. The van der Waals surface area contributed by atoms with Crippen LogP contribution in [0.5, 0.6) is 5.75 Å². The van der Waals surface area contributed by atoms with Gasteiger partial charge >= 0.3 is 0 Å². The van der Waals surface area contributed by atoms with Crippen molar-refractivity contribution in [2.75, 3.05) is 23.9 Å². The van der Waals surface area contributed by atoms with Gasteiger partial charge in [0.2, 0.25) is 5.17 Å². The molecule has 0 atom stereocenters. The topological polar surface area (TPSA) is 76.2 Å². The van der Waals surface area contributed by atoms with Crippen LogP contribution >= 0.6 is 11.8 Å². The first-order chi connectivity index (χ1) is 18.6. The van der Waals surface area contributed by atoms with Gasteiger partial charge in [-0.05, 0) is 60.3 Å². The molecule has 0 radical (unpaired) electrons. The zero-order valence-corrected chi connectivity index (χ0v) is 21.8. The second-order valence-corrected chi connectivity index (χ2v) is 9.52. The highest BCUT2D eigenvalue weighted by Crippen LogP contribution is 2.33. The van der Waals surface area contributed by atoms with Crippen LogP contribution in [0.25, 0.3) is 0 Å². The summed E-state index contributed by atoms with van der Waals surface area (Å²) in [5.74, 6) is 0.792. The number of anilines is 2. The minimum Gasteiger partial charge on any atom is -0.507 e. The Balaban J connectivity index is 1.58. The number of amidine groups is 2. The maximum absolute atomic E-state index is 10.5. The molecule has 8 heteroatoms. The van der Waals surface area contributed by atoms with E-state index in [0.717, 1.165) is 22.7 Å². The zero-order valence-electron chi connectivity index (χ0n) is 21.0. The minimum atomic E-state index is 0.136. The molecule has 1 saturated heterocycles. The summed E-state index contributed by atoms with van der Waals surface area (Å²) in [6.45, 7) is 0. The zero-order chi connectivity index (χ0) is 26.3. The average Bonchev–Trinajstić information content (AvgIpc) is 3.27. The first kappa shape index (κ1) is 25.0. The summed E-state index contributed by atoms with van der Waals surface area (Å²) in [6, 6.07) is 34.9. The van der Waals surface area contributed by atoms with Gasteiger partial charge in [-0.15, -0.1) is 5.10 Å². The van der Waals surface area contributed by atoms with Gasteiger partial charge in [-0.3, -0.25) is 4.90 Å². The monoisotopic (exact) mass is 518 g/mol. The molecule has 1 aliphatic heterocycles. The predicted octanol–water partition coefficient (Wildman–Crippen LogP) is 6.86. The molecule has 0 spiro atoms. The fourth-order valence-electron chi connectivity index (χ4n) is 3.71. The number of hydrogen-bond acceptors (Lipinski definition) is 7. The minimum absolute atomic E-state index is 0.136.